The second-order valence-electron chi connectivity index (χ2n) is 6.74. The van der Waals surface area contributed by atoms with E-state index in [0.29, 0.717) is 6.61 Å². The van der Waals surface area contributed by atoms with Crippen LogP contribution in [0.4, 0.5) is 0 Å². The molecule has 0 aromatic rings. The molecule has 2 fully saturated rings. The Labute approximate surface area is 117 Å². The van der Waals surface area contributed by atoms with Gasteiger partial charge in [0.05, 0.1) is 6.61 Å². The molecule has 0 aliphatic carbocycles. The third-order valence-electron chi connectivity index (χ3n) is 4.54. The maximum atomic E-state index is 9.75. The first kappa shape index (κ1) is 15.2. The molecule has 4 heteroatoms. The highest BCUT2D eigenvalue weighted by molar-refractivity contribution is 4.86. The zero-order valence-corrected chi connectivity index (χ0v) is 12.6. The Bertz CT molecular complexity index is 257. The van der Waals surface area contributed by atoms with Gasteiger partial charge >= 0.3 is 0 Å². The summed E-state index contributed by atoms with van der Waals surface area (Å²) in [5.74, 6) is 0.755. The average Bonchev–Trinajstić information content (AvgIpc) is 2.41. The van der Waals surface area contributed by atoms with Gasteiger partial charge in [0.25, 0.3) is 0 Å². The van der Waals surface area contributed by atoms with E-state index < -0.39 is 0 Å². The van der Waals surface area contributed by atoms with Crippen molar-refractivity contribution in [1.82, 2.24) is 9.80 Å². The molecule has 0 bridgehead atoms. The summed E-state index contributed by atoms with van der Waals surface area (Å²) in [6, 6.07) is 0. The van der Waals surface area contributed by atoms with Gasteiger partial charge in [-0.05, 0) is 18.8 Å². The number of ether oxygens (including phenoxy) is 1. The first-order valence-corrected chi connectivity index (χ1v) is 7.77. The van der Waals surface area contributed by atoms with Crippen LogP contribution in [-0.4, -0.2) is 74.0 Å². The van der Waals surface area contributed by atoms with E-state index in [4.69, 9.17) is 4.74 Å². The molecule has 0 aromatic heterocycles. The molecular formula is C15H30N2O2. The van der Waals surface area contributed by atoms with Gasteiger partial charge in [-0.1, -0.05) is 13.8 Å². The number of rotatable bonds is 5. The van der Waals surface area contributed by atoms with Crippen molar-refractivity contribution in [3.63, 3.8) is 0 Å². The van der Waals surface area contributed by atoms with Gasteiger partial charge in [0.1, 0.15) is 0 Å². The highest BCUT2D eigenvalue weighted by Gasteiger charge is 2.34. The van der Waals surface area contributed by atoms with Gasteiger partial charge in [0.2, 0.25) is 0 Å². The van der Waals surface area contributed by atoms with Gasteiger partial charge < -0.3 is 19.6 Å². The standard InChI is InChI=1S/C15H30N2O2/c1-14(2)11-16-5-7-17(8-6-16)12-15(13-18)3-9-19-10-4-15/h14,18H,3-13H2,1-2H3. The number of hydrogen-bond donors (Lipinski definition) is 1. The van der Waals surface area contributed by atoms with Crippen LogP contribution >= 0.6 is 0 Å². The lowest BCUT2D eigenvalue weighted by molar-refractivity contribution is -0.0407. The first-order chi connectivity index (χ1) is 9.13. The van der Waals surface area contributed by atoms with Gasteiger partial charge in [0.15, 0.2) is 0 Å². The Hall–Kier alpha value is -0.160. The normalized spacial score (nSPS) is 25.9. The molecule has 2 saturated heterocycles. The Balaban J connectivity index is 1.77. The smallest absolute Gasteiger partial charge is 0.0501 e. The summed E-state index contributed by atoms with van der Waals surface area (Å²) < 4.78 is 5.44. The molecule has 0 spiro atoms. The summed E-state index contributed by atoms with van der Waals surface area (Å²) in [7, 11) is 0. The van der Waals surface area contributed by atoms with Crippen molar-refractivity contribution in [3.05, 3.63) is 0 Å². The topological polar surface area (TPSA) is 35.9 Å². The maximum Gasteiger partial charge on any atom is 0.0501 e. The Kier molecular flexibility index (Phi) is 5.63. The fraction of sp³-hybridized carbons (Fsp3) is 1.00. The van der Waals surface area contributed by atoms with Crippen LogP contribution in [-0.2, 0) is 4.74 Å². The number of hydrogen-bond acceptors (Lipinski definition) is 4. The van der Waals surface area contributed by atoms with Crippen LogP contribution in [0.15, 0.2) is 0 Å². The van der Waals surface area contributed by atoms with Crippen molar-refractivity contribution >= 4 is 0 Å². The molecule has 2 heterocycles. The van der Waals surface area contributed by atoms with Gasteiger partial charge in [-0.25, -0.2) is 0 Å². The fourth-order valence-corrected chi connectivity index (χ4v) is 3.29. The molecule has 19 heavy (non-hydrogen) atoms. The summed E-state index contributed by atoms with van der Waals surface area (Å²) in [6.07, 6.45) is 2.02. The Morgan fingerprint density at radius 3 is 2.16 bits per heavy atom. The number of nitrogens with zero attached hydrogens (tertiary/aromatic N) is 2. The van der Waals surface area contributed by atoms with Crippen LogP contribution in [0.3, 0.4) is 0 Å². The quantitative estimate of drug-likeness (QED) is 0.810. The molecule has 0 unspecified atom stereocenters. The van der Waals surface area contributed by atoms with Crippen LogP contribution in [0.1, 0.15) is 26.7 Å². The molecule has 4 nitrogen and oxygen atoms in total. The fourth-order valence-electron chi connectivity index (χ4n) is 3.29. The van der Waals surface area contributed by atoms with E-state index in [0.717, 1.165) is 51.6 Å². The van der Waals surface area contributed by atoms with Gasteiger partial charge in [0, 0.05) is 57.9 Å². The molecule has 2 aliphatic heterocycles. The zero-order chi connectivity index (χ0) is 13.7. The van der Waals surface area contributed by atoms with E-state index >= 15 is 0 Å². The summed E-state index contributed by atoms with van der Waals surface area (Å²) in [5.41, 5.74) is 0.0957. The molecule has 1 N–H and O–H groups in total. The van der Waals surface area contributed by atoms with E-state index in [9.17, 15) is 5.11 Å². The Morgan fingerprint density at radius 2 is 1.63 bits per heavy atom. The molecule has 0 aromatic carbocycles. The maximum absolute atomic E-state index is 9.75. The molecule has 2 rings (SSSR count). The summed E-state index contributed by atoms with van der Waals surface area (Å²) in [6.45, 7) is 13.4. The van der Waals surface area contributed by atoms with E-state index in [1.54, 1.807) is 0 Å². The van der Waals surface area contributed by atoms with Crippen LogP contribution < -0.4 is 0 Å². The number of aliphatic hydroxyl groups is 1. The predicted octanol–water partition coefficient (Wildman–Crippen LogP) is 1.05. The minimum Gasteiger partial charge on any atom is -0.396 e. The van der Waals surface area contributed by atoms with Crippen LogP contribution in [0.5, 0.6) is 0 Å². The average molecular weight is 270 g/mol. The molecule has 0 radical (unpaired) electrons. The van der Waals surface area contributed by atoms with Crippen LogP contribution in [0.25, 0.3) is 0 Å². The largest absolute Gasteiger partial charge is 0.396 e. The van der Waals surface area contributed by atoms with Gasteiger partial charge in [-0.2, -0.15) is 0 Å². The minimum atomic E-state index is 0.0957. The number of aliphatic hydroxyl groups excluding tert-OH is 1. The van der Waals surface area contributed by atoms with Crippen molar-refractivity contribution in [2.75, 3.05) is 59.1 Å². The Morgan fingerprint density at radius 1 is 1.05 bits per heavy atom. The third-order valence-corrected chi connectivity index (χ3v) is 4.54. The third kappa shape index (κ3) is 4.42. The summed E-state index contributed by atoms with van der Waals surface area (Å²) in [4.78, 5) is 5.11. The van der Waals surface area contributed by atoms with Crippen LogP contribution in [0.2, 0.25) is 0 Å². The second kappa shape index (κ2) is 7.02. The van der Waals surface area contributed by atoms with Crippen molar-refractivity contribution in [1.29, 1.82) is 0 Å². The molecule has 0 amide bonds. The first-order valence-electron chi connectivity index (χ1n) is 7.77. The van der Waals surface area contributed by atoms with Crippen molar-refractivity contribution in [3.8, 4) is 0 Å². The van der Waals surface area contributed by atoms with E-state index in [-0.39, 0.29) is 5.41 Å². The van der Waals surface area contributed by atoms with E-state index in [1.807, 2.05) is 0 Å². The van der Waals surface area contributed by atoms with Crippen molar-refractivity contribution in [2.45, 2.75) is 26.7 Å². The van der Waals surface area contributed by atoms with Crippen molar-refractivity contribution in [2.24, 2.45) is 11.3 Å². The van der Waals surface area contributed by atoms with Gasteiger partial charge in [-0.3, -0.25) is 0 Å². The monoisotopic (exact) mass is 270 g/mol. The van der Waals surface area contributed by atoms with Gasteiger partial charge in [-0.15, -0.1) is 0 Å². The lowest BCUT2D eigenvalue weighted by Gasteiger charge is -2.43. The highest BCUT2D eigenvalue weighted by atomic mass is 16.5. The van der Waals surface area contributed by atoms with Crippen LogP contribution in [0, 0.1) is 11.3 Å². The second-order valence-corrected chi connectivity index (χ2v) is 6.74. The molecule has 0 atom stereocenters. The van der Waals surface area contributed by atoms with Crippen molar-refractivity contribution < 1.29 is 9.84 Å². The molecule has 112 valence electrons. The SMILES string of the molecule is CC(C)CN1CCN(CC2(CO)CCOCC2)CC1. The predicted molar refractivity (Wildman–Crippen MR) is 77.3 cm³/mol. The lowest BCUT2D eigenvalue weighted by atomic mass is 9.80. The molecular weight excluding hydrogens is 240 g/mol. The molecule has 2 aliphatic rings. The summed E-state index contributed by atoms with van der Waals surface area (Å²) in [5, 5.41) is 9.75. The molecule has 0 saturated carbocycles. The summed E-state index contributed by atoms with van der Waals surface area (Å²) >= 11 is 0. The number of piperazine rings is 1. The lowest BCUT2D eigenvalue weighted by Crippen LogP contribution is -2.52. The minimum absolute atomic E-state index is 0.0957. The van der Waals surface area contributed by atoms with E-state index in [1.165, 1.54) is 19.6 Å². The van der Waals surface area contributed by atoms with E-state index in [2.05, 4.69) is 23.6 Å². The highest BCUT2D eigenvalue weighted by Crippen LogP contribution is 2.31. The zero-order valence-electron chi connectivity index (χ0n) is 12.6.